The van der Waals surface area contributed by atoms with E-state index >= 15 is 0 Å². The van der Waals surface area contributed by atoms with Crippen molar-refractivity contribution in [1.29, 1.82) is 0 Å². The Labute approximate surface area is 72.4 Å². The first-order valence-corrected chi connectivity index (χ1v) is 4.55. The molecule has 0 aliphatic heterocycles. The molecule has 2 N–H and O–H groups in total. The first-order valence-electron chi connectivity index (χ1n) is 4.55. The van der Waals surface area contributed by atoms with E-state index in [4.69, 9.17) is 9.90 Å². The van der Waals surface area contributed by atoms with Crippen LogP contribution in [-0.4, -0.2) is 22.8 Å². The quantitative estimate of drug-likeness (QED) is 0.541. The number of hydrogen-bond donors (Lipinski definition) is 2. The normalized spacial score (nSPS) is 38.2. The lowest BCUT2D eigenvalue weighted by molar-refractivity contribution is -0.122. The smallest absolute Gasteiger partial charge is 0.290 e. The van der Waals surface area contributed by atoms with E-state index in [2.05, 4.69) is 0 Å². The van der Waals surface area contributed by atoms with Gasteiger partial charge in [0.15, 0.2) is 0 Å². The molecule has 3 atom stereocenters. The molecule has 0 radical (unpaired) electrons. The fraction of sp³-hybridized carbons (Fsp3) is 0.889. The summed E-state index contributed by atoms with van der Waals surface area (Å²) in [5.74, 6) is 1.60. The van der Waals surface area contributed by atoms with Gasteiger partial charge in [0, 0.05) is 0 Å². The molecular formula is C9H16O3. The summed E-state index contributed by atoms with van der Waals surface area (Å²) < 4.78 is 0. The molecule has 0 aromatic rings. The Hall–Kier alpha value is -0.570. The fourth-order valence-corrected chi connectivity index (χ4v) is 2.53. The van der Waals surface area contributed by atoms with Gasteiger partial charge in [0.25, 0.3) is 6.47 Å². The topological polar surface area (TPSA) is 57.5 Å². The molecular weight excluding hydrogens is 156 g/mol. The van der Waals surface area contributed by atoms with Crippen molar-refractivity contribution in [2.24, 2.45) is 11.8 Å². The van der Waals surface area contributed by atoms with Crippen molar-refractivity contribution in [2.45, 2.75) is 38.2 Å². The van der Waals surface area contributed by atoms with Crippen molar-refractivity contribution in [1.82, 2.24) is 0 Å². The number of aliphatic hydroxyl groups excluding tert-OH is 1. The zero-order chi connectivity index (χ0) is 8.97. The minimum Gasteiger partial charge on any atom is -0.483 e. The largest absolute Gasteiger partial charge is 0.483 e. The van der Waals surface area contributed by atoms with Crippen molar-refractivity contribution in [2.75, 3.05) is 0 Å². The Balaban J connectivity index is 0.000000213. The van der Waals surface area contributed by atoms with E-state index in [9.17, 15) is 5.11 Å². The molecule has 3 nitrogen and oxygen atoms in total. The van der Waals surface area contributed by atoms with Gasteiger partial charge >= 0.3 is 0 Å². The maximum absolute atomic E-state index is 9.40. The molecule has 0 heterocycles. The van der Waals surface area contributed by atoms with E-state index in [0.29, 0.717) is 5.92 Å². The number of aliphatic hydroxyl groups is 1. The zero-order valence-corrected chi connectivity index (χ0v) is 7.15. The molecule has 0 aromatic carbocycles. The standard InChI is InChI=1S/C8H14O.CH2O2/c9-8-5-4-6-2-1-3-7(6)8;2-1-3/h6-9H,1-5H2;1H,(H,2,3). The van der Waals surface area contributed by atoms with Crippen LogP contribution in [0.5, 0.6) is 0 Å². The van der Waals surface area contributed by atoms with E-state index in [-0.39, 0.29) is 12.6 Å². The van der Waals surface area contributed by atoms with Gasteiger partial charge in [-0.2, -0.15) is 0 Å². The molecule has 2 saturated carbocycles. The van der Waals surface area contributed by atoms with E-state index < -0.39 is 0 Å². The number of carbonyl (C=O) groups is 1. The third-order valence-corrected chi connectivity index (χ3v) is 3.05. The highest BCUT2D eigenvalue weighted by Crippen LogP contribution is 2.43. The first-order chi connectivity index (χ1) is 5.79. The van der Waals surface area contributed by atoms with Crippen LogP contribution in [-0.2, 0) is 4.79 Å². The molecule has 2 rings (SSSR count). The molecule has 70 valence electrons. The minimum atomic E-state index is -0.250. The summed E-state index contributed by atoms with van der Waals surface area (Å²) in [5.41, 5.74) is 0. The van der Waals surface area contributed by atoms with Crippen LogP contribution in [0.3, 0.4) is 0 Å². The maximum Gasteiger partial charge on any atom is 0.290 e. The molecule has 2 aliphatic carbocycles. The second-order valence-corrected chi connectivity index (χ2v) is 3.60. The molecule has 3 unspecified atom stereocenters. The summed E-state index contributed by atoms with van der Waals surface area (Å²) in [6, 6.07) is 0. The molecule has 0 amide bonds. The van der Waals surface area contributed by atoms with Crippen LogP contribution >= 0.6 is 0 Å². The van der Waals surface area contributed by atoms with Gasteiger partial charge in [-0.25, -0.2) is 0 Å². The predicted molar refractivity (Wildman–Crippen MR) is 44.8 cm³/mol. The highest BCUT2D eigenvalue weighted by molar-refractivity contribution is 5.32. The van der Waals surface area contributed by atoms with E-state index in [1.807, 2.05) is 0 Å². The van der Waals surface area contributed by atoms with Crippen LogP contribution in [0.25, 0.3) is 0 Å². The van der Waals surface area contributed by atoms with Gasteiger partial charge in [0.05, 0.1) is 6.10 Å². The molecule has 0 spiro atoms. The van der Waals surface area contributed by atoms with Gasteiger partial charge < -0.3 is 10.2 Å². The third-order valence-electron chi connectivity index (χ3n) is 3.05. The van der Waals surface area contributed by atoms with Crippen LogP contribution < -0.4 is 0 Å². The van der Waals surface area contributed by atoms with Crippen molar-refractivity contribution in [3.8, 4) is 0 Å². The lowest BCUT2D eigenvalue weighted by Gasteiger charge is -2.10. The first kappa shape index (κ1) is 9.52. The van der Waals surface area contributed by atoms with E-state index in [1.165, 1.54) is 25.7 Å². The van der Waals surface area contributed by atoms with Crippen molar-refractivity contribution in [3.05, 3.63) is 0 Å². The summed E-state index contributed by atoms with van der Waals surface area (Å²) in [4.78, 5) is 8.36. The monoisotopic (exact) mass is 172 g/mol. The van der Waals surface area contributed by atoms with Gasteiger partial charge in [-0.15, -0.1) is 0 Å². The Bertz CT molecular complexity index is 147. The SMILES string of the molecule is O=CO.OC1CCC2CCCC12. The molecule has 0 aromatic heterocycles. The summed E-state index contributed by atoms with van der Waals surface area (Å²) in [6.45, 7) is -0.250. The van der Waals surface area contributed by atoms with Crippen molar-refractivity contribution < 1.29 is 15.0 Å². The van der Waals surface area contributed by atoms with E-state index in [0.717, 1.165) is 12.3 Å². The molecule has 12 heavy (non-hydrogen) atoms. The Morgan fingerprint density at radius 3 is 2.42 bits per heavy atom. The number of carboxylic acid groups (broad SMARTS) is 1. The van der Waals surface area contributed by atoms with E-state index in [1.54, 1.807) is 0 Å². The summed E-state index contributed by atoms with van der Waals surface area (Å²) in [5, 5.41) is 16.3. The summed E-state index contributed by atoms with van der Waals surface area (Å²) in [6.07, 6.45) is 6.50. The van der Waals surface area contributed by atoms with Crippen LogP contribution in [0.2, 0.25) is 0 Å². The maximum atomic E-state index is 9.40. The van der Waals surface area contributed by atoms with Crippen LogP contribution in [0, 0.1) is 11.8 Å². The third kappa shape index (κ3) is 1.97. The molecule has 0 saturated heterocycles. The van der Waals surface area contributed by atoms with Gasteiger partial charge in [-0.3, -0.25) is 4.79 Å². The molecule has 3 heteroatoms. The lowest BCUT2D eigenvalue weighted by atomic mass is 9.99. The Kier molecular flexibility index (Phi) is 3.53. The second-order valence-electron chi connectivity index (χ2n) is 3.60. The second kappa shape index (κ2) is 4.45. The van der Waals surface area contributed by atoms with Crippen LogP contribution in [0.15, 0.2) is 0 Å². The average Bonchev–Trinajstić information content (AvgIpc) is 2.57. The van der Waals surface area contributed by atoms with Gasteiger partial charge in [0.1, 0.15) is 0 Å². The van der Waals surface area contributed by atoms with Gasteiger partial charge in [-0.1, -0.05) is 12.8 Å². The van der Waals surface area contributed by atoms with Crippen LogP contribution in [0.4, 0.5) is 0 Å². The number of fused-ring (bicyclic) bond motifs is 1. The fourth-order valence-electron chi connectivity index (χ4n) is 2.53. The minimum absolute atomic E-state index is 0.0671. The van der Waals surface area contributed by atoms with Crippen LogP contribution in [0.1, 0.15) is 32.1 Å². The Morgan fingerprint density at radius 1 is 1.17 bits per heavy atom. The summed E-state index contributed by atoms with van der Waals surface area (Å²) >= 11 is 0. The van der Waals surface area contributed by atoms with Gasteiger partial charge in [0.2, 0.25) is 0 Å². The van der Waals surface area contributed by atoms with Gasteiger partial charge in [-0.05, 0) is 31.1 Å². The number of rotatable bonds is 0. The highest BCUT2D eigenvalue weighted by atomic mass is 16.3. The predicted octanol–water partition coefficient (Wildman–Crippen LogP) is 1.26. The zero-order valence-electron chi connectivity index (χ0n) is 7.15. The molecule has 2 fully saturated rings. The summed E-state index contributed by atoms with van der Waals surface area (Å²) in [7, 11) is 0. The van der Waals surface area contributed by atoms with Crippen molar-refractivity contribution in [3.63, 3.8) is 0 Å². The molecule has 2 aliphatic rings. The average molecular weight is 172 g/mol. The Morgan fingerprint density at radius 2 is 1.83 bits per heavy atom. The molecule has 0 bridgehead atoms. The van der Waals surface area contributed by atoms with Crippen molar-refractivity contribution >= 4 is 6.47 Å². The highest BCUT2D eigenvalue weighted by Gasteiger charge is 2.37. The lowest BCUT2D eigenvalue weighted by Crippen LogP contribution is -2.13. The number of hydrogen-bond acceptors (Lipinski definition) is 2.